The van der Waals surface area contributed by atoms with Crippen LogP contribution in [0.1, 0.15) is 37.5 Å². The Hall–Kier alpha value is -3.36. The van der Waals surface area contributed by atoms with Crippen molar-refractivity contribution in [3.05, 3.63) is 59.2 Å². The summed E-state index contributed by atoms with van der Waals surface area (Å²) in [7, 11) is 0. The van der Waals surface area contributed by atoms with Crippen molar-refractivity contribution in [2.75, 3.05) is 26.2 Å². The quantitative estimate of drug-likeness (QED) is 0.235. The molecule has 0 saturated carbocycles. The Labute approximate surface area is 223 Å². The minimum atomic E-state index is 0. The van der Waals surface area contributed by atoms with Crippen molar-refractivity contribution >= 4 is 70.7 Å². The monoisotopic (exact) mass is 526 g/mol. The first-order valence-corrected chi connectivity index (χ1v) is 11.6. The standard InChI is InChI=1S/C26H30N8.2ClH/c1-26(2,3)17-8-9-20-21(14-17)23(16-32-34-25-29-12-13-30-25)19-7-5-4-6-18(19)22(20)15-31-33-24-27-10-11-28-24;;/h4-9,14-16H,10-13H2,1-3H3,(H2,27,28,33)(H2,29,30,34);2*1H/b31-15+,32-16+;;. The van der Waals surface area contributed by atoms with Crippen molar-refractivity contribution in [1.82, 2.24) is 21.5 Å². The molecule has 0 aromatic heterocycles. The molecule has 8 nitrogen and oxygen atoms in total. The number of benzene rings is 3. The van der Waals surface area contributed by atoms with Gasteiger partial charge in [-0.3, -0.25) is 0 Å². The fourth-order valence-electron chi connectivity index (χ4n) is 4.25. The van der Waals surface area contributed by atoms with Crippen molar-refractivity contribution in [3.8, 4) is 0 Å². The van der Waals surface area contributed by atoms with Crippen molar-refractivity contribution in [2.45, 2.75) is 26.2 Å². The molecule has 2 aliphatic rings. The molecule has 0 aliphatic carbocycles. The Morgan fingerprint density at radius 3 is 1.72 bits per heavy atom. The molecule has 3 aromatic carbocycles. The summed E-state index contributed by atoms with van der Waals surface area (Å²) in [6, 6.07) is 15.1. The zero-order chi connectivity index (χ0) is 23.5. The van der Waals surface area contributed by atoms with Crippen LogP contribution in [0.5, 0.6) is 0 Å². The van der Waals surface area contributed by atoms with E-state index >= 15 is 0 Å². The van der Waals surface area contributed by atoms with E-state index in [-0.39, 0.29) is 30.2 Å². The van der Waals surface area contributed by atoms with Crippen LogP contribution in [0.25, 0.3) is 21.5 Å². The lowest BCUT2D eigenvalue weighted by Gasteiger charge is -2.21. The molecule has 10 heteroatoms. The molecule has 5 rings (SSSR count). The number of hydrogen-bond donors (Lipinski definition) is 4. The molecule has 0 atom stereocenters. The Bertz CT molecular complexity index is 1360. The van der Waals surface area contributed by atoms with Crippen LogP contribution < -0.4 is 21.5 Å². The lowest BCUT2D eigenvalue weighted by atomic mass is 9.83. The second-order valence-electron chi connectivity index (χ2n) is 9.44. The van der Waals surface area contributed by atoms with E-state index in [0.29, 0.717) is 11.9 Å². The fourth-order valence-corrected chi connectivity index (χ4v) is 4.25. The van der Waals surface area contributed by atoms with Crippen LogP contribution in [0.15, 0.2) is 62.7 Å². The number of hydrogen-bond acceptors (Lipinski definition) is 8. The molecular formula is C26H32Cl2N8. The second kappa shape index (κ2) is 11.6. The van der Waals surface area contributed by atoms with Gasteiger partial charge >= 0.3 is 0 Å². The zero-order valence-electron chi connectivity index (χ0n) is 20.6. The predicted octanol–water partition coefficient (Wildman–Crippen LogP) is 3.90. The van der Waals surface area contributed by atoms with Crippen molar-refractivity contribution in [2.24, 2.45) is 20.2 Å². The summed E-state index contributed by atoms with van der Waals surface area (Å²) < 4.78 is 0. The molecular weight excluding hydrogens is 495 g/mol. The Morgan fingerprint density at radius 1 is 0.750 bits per heavy atom. The largest absolute Gasteiger partial charge is 0.353 e. The molecule has 36 heavy (non-hydrogen) atoms. The Balaban J connectivity index is 0.00000180. The van der Waals surface area contributed by atoms with Gasteiger partial charge in [-0.1, -0.05) is 57.2 Å². The molecule has 2 heterocycles. The molecule has 0 fully saturated rings. The summed E-state index contributed by atoms with van der Waals surface area (Å²) in [5, 5.41) is 19.9. The fraction of sp³-hybridized carbons (Fsp3) is 0.308. The third kappa shape index (κ3) is 5.71. The molecule has 0 bridgehead atoms. The summed E-state index contributed by atoms with van der Waals surface area (Å²) in [4.78, 5) is 8.71. The predicted molar refractivity (Wildman–Crippen MR) is 157 cm³/mol. The van der Waals surface area contributed by atoms with Gasteiger partial charge in [0.2, 0.25) is 11.9 Å². The highest BCUT2D eigenvalue weighted by atomic mass is 35.5. The van der Waals surface area contributed by atoms with Gasteiger partial charge in [0.15, 0.2) is 0 Å². The Morgan fingerprint density at radius 2 is 1.25 bits per heavy atom. The maximum Gasteiger partial charge on any atom is 0.212 e. The van der Waals surface area contributed by atoms with Gasteiger partial charge in [-0.2, -0.15) is 10.2 Å². The summed E-state index contributed by atoms with van der Waals surface area (Å²) in [5.74, 6) is 1.41. The maximum atomic E-state index is 4.52. The van der Waals surface area contributed by atoms with Gasteiger partial charge in [0.05, 0.1) is 25.5 Å². The van der Waals surface area contributed by atoms with E-state index < -0.39 is 0 Å². The van der Waals surface area contributed by atoms with Gasteiger partial charge in [0.1, 0.15) is 0 Å². The van der Waals surface area contributed by atoms with E-state index in [0.717, 1.165) is 58.9 Å². The molecule has 190 valence electrons. The minimum Gasteiger partial charge on any atom is -0.353 e. The number of guanidine groups is 2. The summed E-state index contributed by atoms with van der Waals surface area (Å²) in [6.45, 7) is 9.90. The molecule has 0 amide bonds. The van der Waals surface area contributed by atoms with Gasteiger partial charge < -0.3 is 10.6 Å². The minimum absolute atomic E-state index is 0. The summed E-state index contributed by atoms with van der Waals surface area (Å²) in [5.41, 5.74) is 9.48. The van der Waals surface area contributed by atoms with Crippen molar-refractivity contribution in [3.63, 3.8) is 0 Å². The topological polar surface area (TPSA) is 97.6 Å². The number of rotatable bonds is 4. The number of aliphatic imine (C=N–C) groups is 2. The molecule has 0 spiro atoms. The lowest BCUT2D eigenvalue weighted by Crippen LogP contribution is -2.30. The van der Waals surface area contributed by atoms with Crippen LogP contribution in [0.3, 0.4) is 0 Å². The van der Waals surface area contributed by atoms with Crippen molar-refractivity contribution < 1.29 is 0 Å². The molecule has 3 aromatic rings. The summed E-state index contributed by atoms with van der Waals surface area (Å²) in [6.07, 6.45) is 3.79. The first kappa shape index (κ1) is 27.2. The second-order valence-corrected chi connectivity index (χ2v) is 9.44. The molecule has 0 radical (unpaired) electrons. The maximum absolute atomic E-state index is 4.52. The molecule has 2 aliphatic heterocycles. The van der Waals surface area contributed by atoms with Gasteiger partial charge in [-0.15, -0.1) is 24.8 Å². The van der Waals surface area contributed by atoms with Gasteiger partial charge in [-0.25, -0.2) is 20.8 Å². The van der Waals surface area contributed by atoms with Crippen LogP contribution in [-0.4, -0.2) is 50.5 Å². The van der Waals surface area contributed by atoms with E-state index in [4.69, 9.17) is 0 Å². The number of nitrogens with one attached hydrogen (secondary N) is 4. The van der Waals surface area contributed by atoms with E-state index in [2.05, 4.69) is 105 Å². The number of halogens is 2. The highest BCUT2D eigenvalue weighted by Gasteiger charge is 2.18. The smallest absolute Gasteiger partial charge is 0.212 e. The molecule has 0 unspecified atom stereocenters. The first-order valence-electron chi connectivity index (χ1n) is 11.6. The molecule has 0 saturated heterocycles. The third-order valence-electron chi connectivity index (χ3n) is 6.05. The van der Waals surface area contributed by atoms with Crippen LogP contribution in [-0.2, 0) is 5.41 Å². The highest BCUT2D eigenvalue weighted by molar-refractivity contribution is 6.21. The van der Waals surface area contributed by atoms with E-state index in [1.165, 1.54) is 5.56 Å². The van der Waals surface area contributed by atoms with Gasteiger partial charge in [0.25, 0.3) is 0 Å². The average molecular weight is 528 g/mol. The van der Waals surface area contributed by atoms with Crippen LogP contribution >= 0.6 is 24.8 Å². The number of fused-ring (bicyclic) bond motifs is 2. The van der Waals surface area contributed by atoms with Gasteiger partial charge in [-0.05, 0) is 38.6 Å². The van der Waals surface area contributed by atoms with E-state index in [9.17, 15) is 0 Å². The highest BCUT2D eigenvalue weighted by Crippen LogP contribution is 2.34. The third-order valence-corrected chi connectivity index (χ3v) is 6.05. The van der Waals surface area contributed by atoms with Crippen LogP contribution in [0.4, 0.5) is 0 Å². The first-order chi connectivity index (χ1) is 16.5. The SMILES string of the molecule is CC(C)(C)c1ccc2c(/C=N/NC3=NCCN3)c3ccccc3c(/C=N/NC3=NCCN3)c2c1.Cl.Cl. The average Bonchev–Trinajstić information content (AvgIpc) is 3.54. The molecule has 4 N–H and O–H groups in total. The van der Waals surface area contributed by atoms with Crippen molar-refractivity contribution in [1.29, 1.82) is 0 Å². The number of nitrogens with zero attached hydrogens (tertiary/aromatic N) is 4. The normalized spacial score (nSPS) is 15.3. The van der Waals surface area contributed by atoms with Crippen LogP contribution in [0, 0.1) is 0 Å². The van der Waals surface area contributed by atoms with E-state index in [1.54, 1.807) is 0 Å². The zero-order valence-corrected chi connectivity index (χ0v) is 22.3. The lowest BCUT2D eigenvalue weighted by molar-refractivity contribution is 0.591. The van der Waals surface area contributed by atoms with E-state index in [1.807, 2.05) is 12.4 Å². The Kier molecular flexibility index (Phi) is 8.76. The van der Waals surface area contributed by atoms with Gasteiger partial charge in [0, 0.05) is 24.2 Å². The summed E-state index contributed by atoms with van der Waals surface area (Å²) >= 11 is 0. The number of hydrazone groups is 2. The van der Waals surface area contributed by atoms with Crippen LogP contribution in [0.2, 0.25) is 0 Å².